The van der Waals surface area contributed by atoms with Gasteiger partial charge in [0.15, 0.2) is 0 Å². The summed E-state index contributed by atoms with van der Waals surface area (Å²) in [5, 5.41) is 0. The van der Waals surface area contributed by atoms with Gasteiger partial charge < -0.3 is 0 Å². The van der Waals surface area contributed by atoms with Crippen molar-refractivity contribution in [3.8, 4) is 10.4 Å². The first-order valence-corrected chi connectivity index (χ1v) is 5.27. The Labute approximate surface area is 71.9 Å². The SMILES string of the molecule is C#C[I-]OS(=O)(=O)C(F)(F)F. The Morgan fingerprint density at radius 3 is 2.18 bits per heavy atom. The normalized spacial score (nSPS) is 12.9. The van der Waals surface area contributed by atoms with E-state index in [9.17, 15) is 21.6 Å². The average molecular weight is 301 g/mol. The number of halogens is 4. The van der Waals surface area contributed by atoms with Gasteiger partial charge in [-0.05, 0) is 0 Å². The monoisotopic (exact) mass is 301 g/mol. The molecular weight excluding hydrogens is 300 g/mol. The molecule has 0 aromatic rings. The van der Waals surface area contributed by atoms with Crippen LogP contribution in [0.15, 0.2) is 0 Å². The van der Waals surface area contributed by atoms with Gasteiger partial charge in [0, 0.05) is 0 Å². The summed E-state index contributed by atoms with van der Waals surface area (Å²) >= 11 is -1.81. The Balaban J connectivity index is 4.41. The summed E-state index contributed by atoms with van der Waals surface area (Å²) in [7, 11) is -5.45. The Hall–Kier alpha value is -0.0100. The predicted molar refractivity (Wildman–Crippen MR) is 24.9 cm³/mol. The first kappa shape index (κ1) is 11.0. The number of alkyl halides is 3. The zero-order valence-electron chi connectivity index (χ0n) is 4.72. The van der Waals surface area contributed by atoms with Crippen molar-refractivity contribution >= 4 is 10.1 Å². The van der Waals surface area contributed by atoms with E-state index in [2.05, 4.69) is 8.94 Å². The minimum atomic E-state index is -5.45. The molecule has 0 spiro atoms. The second-order valence-corrected chi connectivity index (χ2v) is 4.79. The summed E-state index contributed by atoms with van der Waals surface area (Å²) in [4.78, 5) is 0. The molecule has 66 valence electrons. The third-order valence-electron chi connectivity index (χ3n) is 0.442. The summed E-state index contributed by atoms with van der Waals surface area (Å²) < 4.78 is 59.3. The van der Waals surface area contributed by atoms with Gasteiger partial charge in [0.1, 0.15) is 0 Å². The fourth-order valence-corrected chi connectivity index (χ4v) is 1.92. The fourth-order valence-electron chi connectivity index (χ4n) is 0.0954. The van der Waals surface area contributed by atoms with Crippen molar-refractivity contribution in [3.05, 3.63) is 0 Å². The van der Waals surface area contributed by atoms with Crippen LogP contribution in [0.5, 0.6) is 0 Å². The summed E-state index contributed by atoms with van der Waals surface area (Å²) in [5.41, 5.74) is -5.37. The van der Waals surface area contributed by atoms with Crippen LogP contribution in [0.4, 0.5) is 13.2 Å². The third kappa shape index (κ3) is 3.26. The van der Waals surface area contributed by atoms with Crippen LogP contribution in [0.3, 0.4) is 0 Å². The van der Waals surface area contributed by atoms with Crippen LogP contribution in [-0.4, -0.2) is 13.9 Å². The van der Waals surface area contributed by atoms with Gasteiger partial charge in [0.2, 0.25) is 0 Å². The van der Waals surface area contributed by atoms with E-state index in [0.717, 1.165) is 0 Å². The molecule has 0 radical (unpaired) electrons. The third-order valence-corrected chi connectivity index (χ3v) is 3.45. The molecule has 0 atom stereocenters. The second-order valence-electron chi connectivity index (χ2n) is 1.15. The van der Waals surface area contributed by atoms with E-state index in [1.165, 1.54) is 0 Å². The second kappa shape index (κ2) is 3.59. The van der Waals surface area contributed by atoms with E-state index in [4.69, 9.17) is 0 Å². The van der Waals surface area contributed by atoms with Crippen LogP contribution in [0.1, 0.15) is 0 Å². The summed E-state index contributed by atoms with van der Waals surface area (Å²) in [6, 6.07) is 0. The Morgan fingerprint density at radius 2 is 1.91 bits per heavy atom. The van der Waals surface area contributed by atoms with Gasteiger partial charge >= 0.3 is 71.7 Å². The number of hydrogen-bond acceptors (Lipinski definition) is 3. The molecule has 0 aromatic heterocycles. The van der Waals surface area contributed by atoms with Crippen molar-refractivity contribution in [2.45, 2.75) is 5.51 Å². The zero-order valence-corrected chi connectivity index (χ0v) is 7.70. The number of terminal acetylenes is 1. The molecule has 8 heteroatoms. The molecule has 0 N–H and O–H groups in total. The van der Waals surface area contributed by atoms with Crippen molar-refractivity contribution in [1.82, 2.24) is 0 Å². The summed E-state index contributed by atoms with van der Waals surface area (Å²) in [6.07, 6.45) is 4.52. The molecule has 0 heterocycles. The average Bonchev–Trinajstić information content (AvgIpc) is 1.81. The first-order valence-electron chi connectivity index (χ1n) is 1.90. The molecule has 11 heavy (non-hydrogen) atoms. The molecular formula is C3HF3IO3S-. The van der Waals surface area contributed by atoms with Gasteiger partial charge in [-0.3, -0.25) is 0 Å². The van der Waals surface area contributed by atoms with E-state index >= 15 is 0 Å². The van der Waals surface area contributed by atoms with Gasteiger partial charge in [-0.25, -0.2) is 0 Å². The number of hydrogen-bond donors (Lipinski definition) is 0. The molecule has 0 amide bonds. The van der Waals surface area contributed by atoms with E-state index in [-0.39, 0.29) is 0 Å². The maximum atomic E-state index is 11.4. The van der Waals surface area contributed by atoms with Gasteiger partial charge in [0.25, 0.3) is 0 Å². The molecule has 0 fully saturated rings. The fraction of sp³-hybridized carbons (Fsp3) is 0.333. The molecule has 0 aliphatic heterocycles. The Morgan fingerprint density at radius 1 is 1.45 bits per heavy atom. The molecule has 0 saturated carbocycles. The van der Waals surface area contributed by atoms with Crippen LogP contribution < -0.4 is 21.6 Å². The van der Waals surface area contributed by atoms with Crippen molar-refractivity contribution in [1.29, 1.82) is 0 Å². The van der Waals surface area contributed by atoms with Crippen LogP contribution in [0.25, 0.3) is 0 Å². The standard InChI is InChI=1S/C3HF3IO3S/c1-2-7-10-11(8,9)3(4,5)6/h1H/q-1. The van der Waals surface area contributed by atoms with Gasteiger partial charge in [-0.15, -0.1) is 0 Å². The number of rotatable bonds is 2. The topological polar surface area (TPSA) is 43.4 Å². The zero-order chi connectivity index (χ0) is 9.12. The summed E-state index contributed by atoms with van der Waals surface area (Å²) in [6.45, 7) is 0. The molecule has 0 rings (SSSR count). The molecule has 3 nitrogen and oxygen atoms in total. The molecule has 0 bridgehead atoms. The van der Waals surface area contributed by atoms with Gasteiger partial charge in [-0.1, -0.05) is 0 Å². The van der Waals surface area contributed by atoms with Crippen LogP contribution in [0, 0.1) is 10.4 Å². The quantitative estimate of drug-likeness (QED) is 0.320. The molecule has 0 unspecified atom stereocenters. The summed E-state index contributed by atoms with van der Waals surface area (Å²) in [5.74, 6) is 0. The van der Waals surface area contributed by atoms with Crippen LogP contribution >= 0.6 is 0 Å². The molecule has 0 saturated heterocycles. The Bertz CT molecular complexity index is 261. The molecule has 0 aliphatic rings. The Kier molecular flexibility index (Phi) is 3.59. The van der Waals surface area contributed by atoms with Gasteiger partial charge in [-0.2, -0.15) is 0 Å². The van der Waals surface area contributed by atoms with Crippen molar-refractivity contribution in [2.24, 2.45) is 0 Å². The van der Waals surface area contributed by atoms with E-state index in [0.29, 0.717) is 0 Å². The van der Waals surface area contributed by atoms with E-state index in [1.54, 1.807) is 3.93 Å². The van der Waals surface area contributed by atoms with Crippen LogP contribution in [-0.2, 0) is 12.6 Å². The molecule has 0 aliphatic carbocycles. The maximum absolute atomic E-state index is 11.4. The van der Waals surface area contributed by atoms with E-state index < -0.39 is 37.2 Å². The minimum absolute atomic E-state index is 1.70. The predicted octanol–water partition coefficient (Wildman–Crippen LogP) is -2.55. The molecule has 0 aromatic carbocycles. The van der Waals surface area contributed by atoms with Crippen LogP contribution in [0.2, 0.25) is 0 Å². The van der Waals surface area contributed by atoms with Crippen molar-refractivity contribution < 1.29 is 45.7 Å². The van der Waals surface area contributed by atoms with Crippen molar-refractivity contribution in [3.63, 3.8) is 0 Å². The van der Waals surface area contributed by atoms with Crippen molar-refractivity contribution in [2.75, 3.05) is 0 Å². The first-order chi connectivity index (χ1) is 4.81. The van der Waals surface area contributed by atoms with Gasteiger partial charge in [0.05, 0.1) is 0 Å². The van der Waals surface area contributed by atoms with E-state index in [1.807, 2.05) is 0 Å².